The predicted octanol–water partition coefficient (Wildman–Crippen LogP) is 2.62. The van der Waals surface area contributed by atoms with E-state index in [1.165, 1.54) is 0 Å². The molecule has 0 aromatic heterocycles. The van der Waals surface area contributed by atoms with Crippen LogP contribution in [0.3, 0.4) is 0 Å². The second kappa shape index (κ2) is 7.50. The summed E-state index contributed by atoms with van der Waals surface area (Å²) in [5.74, 6) is 0.374. The number of hydrogen-bond donors (Lipinski definition) is 2. The molecule has 0 aliphatic rings. The first-order chi connectivity index (χ1) is 8.97. The van der Waals surface area contributed by atoms with E-state index in [2.05, 4.69) is 21.2 Å². The van der Waals surface area contributed by atoms with Crippen LogP contribution in [-0.4, -0.2) is 23.2 Å². The Kier molecular flexibility index (Phi) is 6.31. The fraction of sp³-hybridized carbons (Fsp3) is 0.500. The van der Waals surface area contributed by atoms with Gasteiger partial charge in [-0.2, -0.15) is 0 Å². The van der Waals surface area contributed by atoms with Crippen LogP contribution >= 0.6 is 15.9 Å². The first-order valence-electron chi connectivity index (χ1n) is 6.34. The molecule has 1 rings (SSSR count). The first-order valence-corrected chi connectivity index (χ1v) is 7.13. The molecular formula is C14H20BrNO3. The van der Waals surface area contributed by atoms with E-state index in [4.69, 9.17) is 4.74 Å². The van der Waals surface area contributed by atoms with Gasteiger partial charge >= 0.3 is 0 Å². The van der Waals surface area contributed by atoms with E-state index in [1.807, 2.05) is 19.9 Å². The molecule has 0 aliphatic carbocycles. The van der Waals surface area contributed by atoms with Crippen LogP contribution in [0.4, 0.5) is 0 Å². The van der Waals surface area contributed by atoms with Gasteiger partial charge in [-0.15, -0.1) is 0 Å². The van der Waals surface area contributed by atoms with Gasteiger partial charge < -0.3 is 15.2 Å². The third kappa shape index (κ3) is 4.84. The van der Waals surface area contributed by atoms with Crippen molar-refractivity contribution in [3.63, 3.8) is 0 Å². The molecular weight excluding hydrogens is 310 g/mol. The maximum atomic E-state index is 11.9. The molecule has 0 radical (unpaired) electrons. The van der Waals surface area contributed by atoms with Gasteiger partial charge in [-0.3, -0.25) is 4.79 Å². The lowest BCUT2D eigenvalue weighted by Crippen LogP contribution is -2.41. The van der Waals surface area contributed by atoms with E-state index in [-0.39, 0.29) is 18.6 Å². The van der Waals surface area contributed by atoms with E-state index >= 15 is 0 Å². The summed E-state index contributed by atoms with van der Waals surface area (Å²) in [5.41, 5.74) is 0.651. The van der Waals surface area contributed by atoms with Crippen molar-refractivity contribution in [1.29, 1.82) is 0 Å². The minimum Gasteiger partial charge on any atom is -0.481 e. The third-order valence-corrected chi connectivity index (χ3v) is 3.36. The van der Waals surface area contributed by atoms with Crippen molar-refractivity contribution in [2.45, 2.75) is 45.9 Å². The zero-order valence-electron chi connectivity index (χ0n) is 11.4. The van der Waals surface area contributed by atoms with Crippen molar-refractivity contribution >= 4 is 21.8 Å². The Morgan fingerprint density at radius 1 is 1.47 bits per heavy atom. The number of benzene rings is 1. The van der Waals surface area contributed by atoms with Gasteiger partial charge in [0.05, 0.1) is 6.61 Å². The van der Waals surface area contributed by atoms with Crippen LogP contribution in [-0.2, 0) is 11.4 Å². The molecule has 2 atom stereocenters. The number of nitrogens with one attached hydrogen (secondary N) is 1. The van der Waals surface area contributed by atoms with Gasteiger partial charge in [0, 0.05) is 16.1 Å². The van der Waals surface area contributed by atoms with Crippen molar-refractivity contribution in [3.8, 4) is 5.75 Å². The molecule has 2 unspecified atom stereocenters. The van der Waals surface area contributed by atoms with Crippen molar-refractivity contribution in [1.82, 2.24) is 5.32 Å². The first kappa shape index (κ1) is 16.0. The van der Waals surface area contributed by atoms with Gasteiger partial charge in [0.1, 0.15) is 5.75 Å². The number of carbonyl (C=O) groups excluding carboxylic acids is 1. The molecule has 1 amide bonds. The topological polar surface area (TPSA) is 58.6 Å². The number of ether oxygens (including phenoxy) is 1. The fourth-order valence-corrected chi connectivity index (χ4v) is 1.90. The molecule has 2 N–H and O–H groups in total. The van der Waals surface area contributed by atoms with Gasteiger partial charge in [-0.25, -0.2) is 0 Å². The SMILES string of the molecule is CCC(C)NC(=O)C(C)Oc1ccc(Br)cc1CO. The summed E-state index contributed by atoms with van der Waals surface area (Å²) in [5, 5.41) is 12.1. The van der Waals surface area contributed by atoms with Crippen molar-refractivity contribution in [2.75, 3.05) is 0 Å². The van der Waals surface area contributed by atoms with E-state index in [0.717, 1.165) is 10.9 Å². The average molecular weight is 330 g/mol. The largest absolute Gasteiger partial charge is 0.481 e. The maximum Gasteiger partial charge on any atom is 0.260 e. The molecule has 0 spiro atoms. The number of halogens is 1. The van der Waals surface area contributed by atoms with Gasteiger partial charge in [0.2, 0.25) is 0 Å². The molecule has 4 nitrogen and oxygen atoms in total. The van der Waals surface area contributed by atoms with Crippen molar-refractivity contribution in [2.24, 2.45) is 0 Å². The number of hydrogen-bond acceptors (Lipinski definition) is 3. The lowest BCUT2D eigenvalue weighted by atomic mass is 10.2. The molecule has 1 aromatic carbocycles. The summed E-state index contributed by atoms with van der Waals surface area (Å²) in [6.45, 7) is 5.52. The zero-order chi connectivity index (χ0) is 14.4. The smallest absolute Gasteiger partial charge is 0.260 e. The maximum absolute atomic E-state index is 11.9. The summed E-state index contributed by atoms with van der Waals surface area (Å²) in [6.07, 6.45) is 0.277. The monoisotopic (exact) mass is 329 g/mol. The second-order valence-corrected chi connectivity index (χ2v) is 5.40. The lowest BCUT2D eigenvalue weighted by Gasteiger charge is -2.19. The van der Waals surface area contributed by atoms with Crippen LogP contribution in [0.15, 0.2) is 22.7 Å². The molecule has 19 heavy (non-hydrogen) atoms. The van der Waals surface area contributed by atoms with Crippen molar-refractivity contribution in [3.05, 3.63) is 28.2 Å². The third-order valence-electron chi connectivity index (χ3n) is 2.87. The van der Waals surface area contributed by atoms with Crippen molar-refractivity contribution < 1.29 is 14.6 Å². The number of amides is 1. The summed E-state index contributed by atoms with van der Waals surface area (Å²) in [7, 11) is 0. The predicted molar refractivity (Wildman–Crippen MR) is 78.1 cm³/mol. The molecule has 0 saturated carbocycles. The van der Waals surface area contributed by atoms with E-state index in [1.54, 1.807) is 19.1 Å². The van der Waals surface area contributed by atoms with Crippen LogP contribution in [0.2, 0.25) is 0 Å². The molecule has 0 bridgehead atoms. The van der Waals surface area contributed by atoms with Crippen LogP contribution in [0.1, 0.15) is 32.8 Å². The van der Waals surface area contributed by atoms with Crippen LogP contribution in [0, 0.1) is 0 Å². The number of rotatable bonds is 6. The molecule has 0 saturated heterocycles. The summed E-state index contributed by atoms with van der Waals surface area (Å²) in [4.78, 5) is 11.9. The van der Waals surface area contributed by atoms with Crippen LogP contribution in [0.25, 0.3) is 0 Å². The summed E-state index contributed by atoms with van der Waals surface area (Å²) >= 11 is 3.33. The number of aliphatic hydroxyl groups excluding tert-OH is 1. The van der Waals surface area contributed by atoms with Gasteiger partial charge in [-0.1, -0.05) is 22.9 Å². The highest BCUT2D eigenvalue weighted by molar-refractivity contribution is 9.10. The molecule has 0 heterocycles. The highest BCUT2D eigenvalue weighted by Gasteiger charge is 2.17. The Morgan fingerprint density at radius 2 is 2.16 bits per heavy atom. The molecule has 0 aliphatic heterocycles. The Morgan fingerprint density at radius 3 is 2.74 bits per heavy atom. The van der Waals surface area contributed by atoms with Gasteiger partial charge in [0.15, 0.2) is 6.10 Å². The van der Waals surface area contributed by atoms with E-state index in [0.29, 0.717) is 11.3 Å². The normalized spacial score (nSPS) is 13.7. The molecule has 1 aromatic rings. The zero-order valence-corrected chi connectivity index (χ0v) is 13.0. The average Bonchev–Trinajstić information content (AvgIpc) is 2.40. The van der Waals surface area contributed by atoms with Crippen LogP contribution < -0.4 is 10.1 Å². The van der Waals surface area contributed by atoms with Crippen LogP contribution in [0.5, 0.6) is 5.75 Å². The van der Waals surface area contributed by atoms with Gasteiger partial charge in [0.25, 0.3) is 5.91 Å². The highest BCUT2D eigenvalue weighted by Crippen LogP contribution is 2.24. The van der Waals surface area contributed by atoms with Gasteiger partial charge in [-0.05, 0) is 38.5 Å². The Bertz CT molecular complexity index is 437. The minimum atomic E-state index is -0.597. The lowest BCUT2D eigenvalue weighted by molar-refractivity contribution is -0.127. The Hall–Kier alpha value is -1.07. The summed E-state index contributed by atoms with van der Waals surface area (Å²) < 4.78 is 6.47. The second-order valence-electron chi connectivity index (χ2n) is 4.49. The highest BCUT2D eigenvalue weighted by atomic mass is 79.9. The quantitative estimate of drug-likeness (QED) is 0.843. The minimum absolute atomic E-state index is 0.126. The Labute approximate surface area is 122 Å². The molecule has 106 valence electrons. The fourth-order valence-electron chi connectivity index (χ4n) is 1.49. The standard InChI is InChI=1S/C14H20BrNO3/c1-4-9(2)16-14(18)10(3)19-13-6-5-12(15)7-11(13)8-17/h5-7,9-10,17H,4,8H2,1-3H3,(H,16,18). The number of carbonyl (C=O) groups is 1. The van der Waals surface area contributed by atoms with E-state index < -0.39 is 6.10 Å². The molecule has 5 heteroatoms. The van der Waals surface area contributed by atoms with E-state index in [9.17, 15) is 9.90 Å². The molecule has 0 fully saturated rings. The number of aliphatic hydroxyl groups is 1. The summed E-state index contributed by atoms with van der Waals surface area (Å²) in [6, 6.07) is 5.45. The Balaban J connectivity index is 2.71.